The third-order valence-corrected chi connectivity index (χ3v) is 6.02. The molecule has 0 aliphatic rings. The second-order valence-corrected chi connectivity index (χ2v) is 9.45. The Morgan fingerprint density at radius 2 is 1.47 bits per heavy atom. The minimum atomic E-state index is -3.51. The minimum absolute atomic E-state index is 0.176. The van der Waals surface area contributed by atoms with E-state index in [1.165, 1.54) is 4.31 Å². The Balaban J connectivity index is 1.71. The van der Waals surface area contributed by atoms with Gasteiger partial charge in [0.15, 0.2) is 0 Å². The number of amides is 1. The monoisotopic (exact) mass is 442 g/mol. The molecule has 0 spiro atoms. The van der Waals surface area contributed by atoms with Crippen LogP contribution in [0.3, 0.4) is 0 Å². The highest BCUT2D eigenvalue weighted by Gasteiger charge is 2.18. The molecule has 0 saturated heterocycles. The predicted octanol–water partition coefficient (Wildman–Crippen LogP) is 4.54. The van der Waals surface area contributed by atoms with Crippen molar-refractivity contribution in [3.8, 4) is 0 Å². The van der Waals surface area contributed by atoms with E-state index >= 15 is 0 Å². The Labute approximate surface area is 182 Å². The van der Waals surface area contributed by atoms with Crippen LogP contribution in [-0.4, -0.2) is 20.6 Å². The van der Waals surface area contributed by atoms with Crippen LogP contribution in [0.1, 0.15) is 27.0 Å². The molecule has 30 heavy (non-hydrogen) atoms. The number of rotatable bonds is 7. The number of carbonyl (C=O) groups is 1. The highest BCUT2D eigenvalue weighted by Crippen LogP contribution is 2.22. The van der Waals surface area contributed by atoms with Gasteiger partial charge < -0.3 is 5.32 Å². The van der Waals surface area contributed by atoms with Crippen molar-refractivity contribution in [1.82, 2.24) is 5.32 Å². The van der Waals surface area contributed by atoms with Crippen molar-refractivity contribution >= 4 is 33.2 Å². The summed E-state index contributed by atoms with van der Waals surface area (Å²) in [7, 11) is -3.51. The van der Waals surface area contributed by atoms with Crippen LogP contribution >= 0.6 is 11.6 Å². The van der Waals surface area contributed by atoms with E-state index in [0.29, 0.717) is 22.8 Å². The number of carbonyl (C=O) groups excluding carboxylic acids is 1. The van der Waals surface area contributed by atoms with E-state index in [-0.39, 0.29) is 12.5 Å². The largest absolute Gasteiger partial charge is 0.348 e. The fourth-order valence-electron chi connectivity index (χ4n) is 2.93. The molecular formula is C23H23ClN2O3S. The molecule has 1 amide bonds. The fraction of sp³-hybridized carbons (Fsp3) is 0.174. The van der Waals surface area contributed by atoms with E-state index in [0.717, 1.165) is 22.9 Å². The number of halogens is 1. The van der Waals surface area contributed by atoms with Crippen LogP contribution in [0.5, 0.6) is 0 Å². The SMILES string of the molecule is Cc1ccc(CNC(=O)c2ccc(N(Cc3ccc(Cl)cc3)S(C)(=O)=O)cc2)cc1. The topological polar surface area (TPSA) is 66.5 Å². The Kier molecular flexibility index (Phi) is 6.80. The lowest BCUT2D eigenvalue weighted by molar-refractivity contribution is 0.0951. The molecule has 0 aliphatic heterocycles. The second kappa shape index (κ2) is 9.32. The van der Waals surface area contributed by atoms with Gasteiger partial charge in [0.1, 0.15) is 0 Å². The summed E-state index contributed by atoms with van der Waals surface area (Å²) < 4.78 is 25.9. The van der Waals surface area contributed by atoms with E-state index < -0.39 is 10.0 Å². The Morgan fingerprint density at radius 1 is 0.900 bits per heavy atom. The molecule has 0 unspecified atom stereocenters. The lowest BCUT2D eigenvalue weighted by atomic mass is 10.1. The average molecular weight is 443 g/mol. The van der Waals surface area contributed by atoms with Crippen LogP contribution < -0.4 is 9.62 Å². The molecule has 0 heterocycles. The highest BCUT2D eigenvalue weighted by atomic mass is 35.5. The van der Waals surface area contributed by atoms with Gasteiger partial charge in [0.05, 0.1) is 18.5 Å². The lowest BCUT2D eigenvalue weighted by Crippen LogP contribution is -2.29. The van der Waals surface area contributed by atoms with Gasteiger partial charge in [-0.15, -0.1) is 0 Å². The maximum Gasteiger partial charge on any atom is 0.251 e. The molecule has 156 valence electrons. The molecule has 3 aromatic carbocycles. The van der Waals surface area contributed by atoms with Crippen LogP contribution in [0.25, 0.3) is 0 Å². The van der Waals surface area contributed by atoms with Gasteiger partial charge in [0.2, 0.25) is 10.0 Å². The summed E-state index contributed by atoms with van der Waals surface area (Å²) >= 11 is 5.90. The first-order valence-corrected chi connectivity index (χ1v) is 11.6. The molecule has 0 radical (unpaired) electrons. The standard InChI is InChI=1S/C23H23ClN2O3S/c1-17-3-5-18(6-4-17)15-25-23(27)20-9-13-22(14-10-20)26(30(2,28)29)16-19-7-11-21(24)12-8-19/h3-14H,15-16H2,1-2H3,(H,25,27). The molecule has 7 heteroatoms. The summed E-state index contributed by atoms with van der Waals surface area (Å²) in [6, 6.07) is 21.5. The second-order valence-electron chi connectivity index (χ2n) is 7.11. The first-order chi connectivity index (χ1) is 14.2. The summed E-state index contributed by atoms with van der Waals surface area (Å²) in [4.78, 5) is 12.4. The van der Waals surface area contributed by atoms with Crippen molar-refractivity contribution in [2.24, 2.45) is 0 Å². The highest BCUT2D eigenvalue weighted by molar-refractivity contribution is 7.92. The molecule has 0 aliphatic carbocycles. The van der Waals surface area contributed by atoms with Crippen molar-refractivity contribution in [2.75, 3.05) is 10.6 Å². The fourth-order valence-corrected chi connectivity index (χ4v) is 3.94. The smallest absolute Gasteiger partial charge is 0.251 e. The maximum absolute atomic E-state index is 12.4. The van der Waals surface area contributed by atoms with Crippen molar-refractivity contribution in [1.29, 1.82) is 0 Å². The maximum atomic E-state index is 12.4. The van der Waals surface area contributed by atoms with Crippen molar-refractivity contribution in [2.45, 2.75) is 20.0 Å². The molecule has 3 aromatic rings. The number of aryl methyl sites for hydroxylation is 1. The number of hydrogen-bond donors (Lipinski definition) is 1. The normalized spacial score (nSPS) is 11.2. The minimum Gasteiger partial charge on any atom is -0.348 e. The van der Waals surface area contributed by atoms with Crippen LogP contribution in [0.2, 0.25) is 5.02 Å². The molecule has 0 saturated carbocycles. The molecular weight excluding hydrogens is 420 g/mol. The predicted molar refractivity (Wildman–Crippen MR) is 121 cm³/mol. The zero-order chi connectivity index (χ0) is 21.7. The van der Waals surface area contributed by atoms with Gasteiger partial charge in [-0.3, -0.25) is 9.10 Å². The number of hydrogen-bond acceptors (Lipinski definition) is 3. The summed E-state index contributed by atoms with van der Waals surface area (Å²) in [6.07, 6.45) is 1.16. The molecule has 1 N–H and O–H groups in total. The zero-order valence-electron chi connectivity index (χ0n) is 16.8. The number of benzene rings is 3. The number of anilines is 1. The number of nitrogens with zero attached hydrogens (tertiary/aromatic N) is 1. The summed E-state index contributed by atoms with van der Waals surface area (Å²) in [5.41, 5.74) is 3.93. The summed E-state index contributed by atoms with van der Waals surface area (Å²) in [5.74, 6) is -0.217. The first-order valence-electron chi connectivity index (χ1n) is 9.38. The quantitative estimate of drug-likeness (QED) is 0.584. The molecule has 0 fully saturated rings. The van der Waals surface area contributed by atoms with Gasteiger partial charge in [0, 0.05) is 17.1 Å². The van der Waals surface area contributed by atoms with Crippen molar-refractivity contribution in [3.63, 3.8) is 0 Å². The van der Waals surface area contributed by atoms with E-state index in [4.69, 9.17) is 11.6 Å². The Morgan fingerprint density at radius 3 is 2.03 bits per heavy atom. The Bertz CT molecular complexity index is 1110. The number of sulfonamides is 1. The van der Waals surface area contributed by atoms with E-state index in [1.807, 2.05) is 31.2 Å². The Hall–Kier alpha value is -2.83. The van der Waals surface area contributed by atoms with Crippen LogP contribution in [0.4, 0.5) is 5.69 Å². The van der Waals surface area contributed by atoms with Gasteiger partial charge in [-0.2, -0.15) is 0 Å². The first kappa shape index (κ1) is 21.9. The van der Waals surface area contributed by atoms with E-state index in [2.05, 4.69) is 5.32 Å². The van der Waals surface area contributed by atoms with Gasteiger partial charge in [-0.05, 0) is 54.4 Å². The molecule has 0 bridgehead atoms. The van der Waals surface area contributed by atoms with Gasteiger partial charge >= 0.3 is 0 Å². The zero-order valence-corrected chi connectivity index (χ0v) is 18.4. The number of nitrogens with one attached hydrogen (secondary N) is 1. The average Bonchev–Trinajstić information content (AvgIpc) is 2.72. The lowest BCUT2D eigenvalue weighted by Gasteiger charge is -2.23. The van der Waals surface area contributed by atoms with Crippen LogP contribution in [0.15, 0.2) is 72.8 Å². The third kappa shape index (κ3) is 5.84. The molecule has 3 rings (SSSR count). The molecule has 0 atom stereocenters. The van der Waals surface area contributed by atoms with E-state index in [1.54, 1.807) is 48.5 Å². The molecule has 5 nitrogen and oxygen atoms in total. The van der Waals surface area contributed by atoms with Gasteiger partial charge in [-0.25, -0.2) is 8.42 Å². The molecule has 0 aromatic heterocycles. The van der Waals surface area contributed by atoms with Crippen molar-refractivity contribution < 1.29 is 13.2 Å². The van der Waals surface area contributed by atoms with Crippen molar-refractivity contribution in [3.05, 3.63) is 100 Å². The van der Waals surface area contributed by atoms with Gasteiger partial charge in [-0.1, -0.05) is 53.6 Å². The van der Waals surface area contributed by atoms with Crippen LogP contribution in [-0.2, 0) is 23.1 Å². The summed E-state index contributed by atoms with van der Waals surface area (Å²) in [5, 5.41) is 3.46. The van der Waals surface area contributed by atoms with E-state index in [9.17, 15) is 13.2 Å². The van der Waals surface area contributed by atoms with Crippen LogP contribution in [0, 0.1) is 6.92 Å². The van der Waals surface area contributed by atoms with Gasteiger partial charge in [0.25, 0.3) is 5.91 Å². The third-order valence-electron chi connectivity index (χ3n) is 4.63. The summed E-state index contributed by atoms with van der Waals surface area (Å²) in [6.45, 7) is 2.61.